The summed E-state index contributed by atoms with van der Waals surface area (Å²) < 4.78 is 0. The van der Waals surface area contributed by atoms with Crippen molar-refractivity contribution in [3.05, 3.63) is 50.4 Å². The fraction of sp³-hybridized carbons (Fsp3) is 0.474. The molecule has 2 saturated heterocycles. The van der Waals surface area contributed by atoms with Gasteiger partial charge in [-0.1, -0.05) is 34.5 Å². The first kappa shape index (κ1) is 17.4. The molecule has 4 heteroatoms. The highest BCUT2D eigenvalue weighted by Gasteiger charge is 2.31. The molecule has 4 heterocycles. The van der Waals surface area contributed by atoms with Crippen LogP contribution in [0.5, 0.6) is 0 Å². The van der Waals surface area contributed by atoms with Gasteiger partial charge in [0.05, 0.1) is 0 Å². The second-order valence-electron chi connectivity index (χ2n) is 6.01. The van der Waals surface area contributed by atoms with E-state index in [9.17, 15) is 0 Å². The Labute approximate surface area is 156 Å². The molecule has 0 aromatic carbocycles. The molecule has 0 saturated carbocycles. The van der Waals surface area contributed by atoms with Gasteiger partial charge in [-0.2, -0.15) is 0 Å². The molecule has 0 bridgehead atoms. The fourth-order valence-electron chi connectivity index (χ4n) is 3.86. The lowest BCUT2D eigenvalue weighted by atomic mass is 9.84. The first-order valence-corrected chi connectivity index (χ1v) is 11.7. The Kier molecular flexibility index (Phi) is 6.52. The van der Waals surface area contributed by atoms with Gasteiger partial charge in [0, 0.05) is 21.4 Å². The lowest BCUT2D eigenvalue weighted by molar-refractivity contribution is 0.148. The third kappa shape index (κ3) is 3.81. The zero-order valence-electron chi connectivity index (χ0n) is 13.6. The Balaban J connectivity index is 0.000000753. The maximum atomic E-state index is 2.94. The summed E-state index contributed by atoms with van der Waals surface area (Å²) in [7, 11) is 0. The van der Waals surface area contributed by atoms with E-state index in [1.807, 2.05) is 28.5 Å². The van der Waals surface area contributed by atoms with E-state index in [2.05, 4.69) is 55.9 Å². The summed E-state index contributed by atoms with van der Waals surface area (Å²) in [5, 5.41) is 4.43. The van der Waals surface area contributed by atoms with Gasteiger partial charge in [-0.3, -0.25) is 4.90 Å². The van der Waals surface area contributed by atoms with E-state index < -0.39 is 0 Å². The van der Waals surface area contributed by atoms with Crippen LogP contribution in [0.15, 0.2) is 40.6 Å². The molecule has 1 nitrogen and oxygen atoms in total. The second kappa shape index (κ2) is 8.61. The van der Waals surface area contributed by atoms with Crippen LogP contribution in [0.3, 0.4) is 0 Å². The summed E-state index contributed by atoms with van der Waals surface area (Å²) in [6, 6.07) is 9.68. The first-order valence-electron chi connectivity index (χ1n) is 8.36. The molecule has 0 aliphatic carbocycles. The Bertz CT molecular complexity index is 578. The highest BCUT2D eigenvalue weighted by Crippen LogP contribution is 2.40. The van der Waals surface area contributed by atoms with Crippen molar-refractivity contribution in [2.45, 2.75) is 38.1 Å². The molecule has 0 amide bonds. The normalized spacial score (nSPS) is 21.3. The smallest absolute Gasteiger partial charge is 0.0357 e. The maximum Gasteiger partial charge on any atom is 0.0357 e. The number of thiophene rings is 2. The van der Waals surface area contributed by atoms with Crippen LogP contribution < -0.4 is 0 Å². The zero-order valence-corrected chi connectivity index (χ0v) is 16.9. The summed E-state index contributed by atoms with van der Waals surface area (Å²) in [6.07, 6.45) is 6.75. The number of piperidine rings is 2. The van der Waals surface area contributed by atoms with Gasteiger partial charge in [0.25, 0.3) is 0 Å². The number of rotatable bonds is 2. The van der Waals surface area contributed by atoms with Gasteiger partial charge < -0.3 is 0 Å². The number of hydrogen-bond donors (Lipinski definition) is 0. The summed E-state index contributed by atoms with van der Waals surface area (Å²) in [6.45, 7) is 2.60. The van der Waals surface area contributed by atoms with Crippen LogP contribution in [-0.4, -0.2) is 29.9 Å². The minimum Gasteiger partial charge on any atom is -0.297 e. The Morgan fingerprint density at radius 1 is 1.00 bits per heavy atom. The average Bonchev–Trinajstić information content (AvgIpc) is 3.32. The highest BCUT2D eigenvalue weighted by molar-refractivity contribution is 9.08. The van der Waals surface area contributed by atoms with E-state index in [0.717, 1.165) is 0 Å². The second-order valence-corrected chi connectivity index (χ2v) is 7.90. The maximum absolute atomic E-state index is 2.94. The number of fused-ring (bicyclic) bond motifs is 1. The molecule has 4 rings (SSSR count). The van der Waals surface area contributed by atoms with Crippen LogP contribution in [0.2, 0.25) is 0 Å². The van der Waals surface area contributed by atoms with Crippen molar-refractivity contribution < 1.29 is 0 Å². The van der Waals surface area contributed by atoms with Crippen molar-refractivity contribution in [1.29, 1.82) is 0 Å². The third-order valence-corrected chi connectivity index (χ3v) is 6.54. The third-order valence-electron chi connectivity index (χ3n) is 4.76. The van der Waals surface area contributed by atoms with Crippen LogP contribution in [0.1, 0.15) is 41.9 Å². The number of hydrogen-bond acceptors (Lipinski definition) is 3. The van der Waals surface area contributed by atoms with Gasteiger partial charge in [0.2, 0.25) is 0 Å². The van der Waals surface area contributed by atoms with E-state index in [4.69, 9.17) is 0 Å². The van der Waals surface area contributed by atoms with E-state index in [-0.39, 0.29) is 0 Å². The molecule has 1 atom stereocenters. The molecule has 2 aromatic rings. The highest BCUT2D eigenvalue weighted by atomic mass is 79.9. The van der Waals surface area contributed by atoms with Crippen molar-refractivity contribution in [3.8, 4) is 0 Å². The van der Waals surface area contributed by atoms with Crippen LogP contribution in [0, 0.1) is 0 Å². The van der Waals surface area contributed by atoms with Gasteiger partial charge in [-0.05, 0) is 73.1 Å². The van der Waals surface area contributed by atoms with E-state index >= 15 is 0 Å². The predicted molar refractivity (Wildman–Crippen MR) is 108 cm³/mol. The summed E-state index contributed by atoms with van der Waals surface area (Å²) in [5.74, 6) is 1.81. The lowest BCUT2D eigenvalue weighted by Crippen LogP contribution is -2.44. The van der Waals surface area contributed by atoms with Crippen LogP contribution in [0.4, 0.5) is 0 Å². The Morgan fingerprint density at radius 3 is 2.26 bits per heavy atom. The fourth-order valence-corrected chi connectivity index (χ4v) is 5.57. The molecule has 23 heavy (non-hydrogen) atoms. The summed E-state index contributed by atoms with van der Waals surface area (Å²) in [5.41, 5.74) is 3.27. The molecule has 2 aromatic heterocycles. The number of nitrogens with zero attached hydrogens (tertiary/aromatic N) is 1. The standard InChI is InChI=1S/C18H21NS2.CH3Br/c1-2-10-19-11-3-6-14(15(19)7-1)18(16-8-4-12-20-16)17-9-5-13-21-17;1-2/h4-5,8-9,12-13,15H,1-3,6-7,10-11H2;1H3. The first-order chi connectivity index (χ1) is 11.4. The van der Waals surface area contributed by atoms with Crippen LogP contribution in [-0.2, 0) is 0 Å². The molecule has 124 valence electrons. The molecule has 2 fully saturated rings. The Hall–Kier alpha value is -0.420. The monoisotopic (exact) mass is 409 g/mol. The van der Waals surface area contributed by atoms with E-state index in [1.165, 1.54) is 54.9 Å². The lowest BCUT2D eigenvalue weighted by Gasteiger charge is -2.42. The van der Waals surface area contributed by atoms with Gasteiger partial charge in [0.15, 0.2) is 0 Å². The molecular formula is C19H24BrNS2. The van der Waals surface area contributed by atoms with Gasteiger partial charge in [0.1, 0.15) is 0 Å². The van der Waals surface area contributed by atoms with Gasteiger partial charge >= 0.3 is 0 Å². The van der Waals surface area contributed by atoms with Crippen LogP contribution in [0.25, 0.3) is 5.57 Å². The van der Waals surface area contributed by atoms with Crippen LogP contribution >= 0.6 is 38.6 Å². The Morgan fingerprint density at radius 2 is 1.65 bits per heavy atom. The summed E-state index contributed by atoms with van der Waals surface area (Å²) >= 11 is 6.72. The molecule has 1 unspecified atom stereocenters. The molecule has 2 aliphatic rings. The van der Waals surface area contributed by atoms with Gasteiger partial charge in [-0.15, -0.1) is 22.7 Å². The van der Waals surface area contributed by atoms with E-state index in [0.29, 0.717) is 6.04 Å². The topological polar surface area (TPSA) is 3.24 Å². The molecule has 0 spiro atoms. The molecule has 0 N–H and O–H groups in total. The van der Waals surface area contributed by atoms with E-state index in [1.54, 1.807) is 11.1 Å². The average molecular weight is 410 g/mol. The van der Waals surface area contributed by atoms with Crippen molar-refractivity contribution >= 4 is 44.2 Å². The number of halogens is 1. The predicted octanol–water partition coefficient (Wildman–Crippen LogP) is 6.27. The number of alkyl halides is 1. The minimum atomic E-state index is 0.701. The summed E-state index contributed by atoms with van der Waals surface area (Å²) in [4.78, 5) is 5.66. The van der Waals surface area contributed by atoms with Gasteiger partial charge in [-0.25, -0.2) is 0 Å². The van der Waals surface area contributed by atoms with Crippen molar-refractivity contribution in [1.82, 2.24) is 4.90 Å². The largest absolute Gasteiger partial charge is 0.297 e. The SMILES string of the molecule is CBr.c1csc(C(=C2CCCN3CCCCC23)c2cccs2)c1. The molecular weight excluding hydrogens is 386 g/mol. The van der Waals surface area contributed by atoms with Crippen molar-refractivity contribution in [2.24, 2.45) is 0 Å². The zero-order chi connectivity index (χ0) is 16.1. The minimum absolute atomic E-state index is 0.701. The quantitative estimate of drug-likeness (QED) is 0.528. The molecule has 2 aliphatic heterocycles. The van der Waals surface area contributed by atoms with Crippen molar-refractivity contribution in [2.75, 3.05) is 18.9 Å². The van der Waals surface area contributed by atoms with Crippen molar-refractivity contribution in [3.63, 3.8) is 0 Å². The molecule has 0 radical (unpaired) electrons.